The number of halogens is 1. The second-order valence-electron chi connectivity index (χ2n) is 4.32. The number of aromatic nitrogens is 4. The lowest BCUT2D eigenvalue weighted by atomic mass is 10.1. The van der Waals surface area contributed by atoms with E-state index in [1.54, 1.807) is 17.9 Å². The molecule has 2 N–H and O–H groups in total. The summed E-state index contributed by atoms with van der Waals surface area (Å²) < 4.78 is 7.97. The highest BCUT2D eigenvalue weighted by Gasteiger charge is 2.17. The fourth-order valence-electron chi connectivity index (χ4n) is 2.06. The number of methoxy groups -OCH3 is 1. The van der Waals surface area contributed by atoms with E-state index in [2.05, 4.69) is 31.5 Å². The summed E-state index contributed by atoms with van der Waals surface area (Å²) in [5, 5.41) is 11.9. The molecule has 1 heterocycles. The topological polar surface area (TPSA) is 78.8 Å². The summed E-state index contributed by atoms with van der Waals surface area (Å²) in [4.78, 5) is 0. The Kier molecular flexibility index (Phi) is 3.57. The van der Waals surface area contributed by atoms with E-state index in [0.717, 1.165) is 10.2 Å². The van der Waals surface area contributed by atoms with Crippen molar-refractivity contribution in [2.24, 2.45) is 0 Å². The van der Waals surface area contributed by atoms with Crippen LogP contribution in [0.25, 0.3) is 17.1 Å². The van der Waals surface area contributed by atoms with E-state index in [9.17, 15) is 0 Å². The smallest absolute Gasteiger partial charge is 0.192 e. The average Bonchev–Trinajstić information content (AvgIpc) is 2.96. The fourth-order valence-corrected chi connectivity index (χ4v) is 2.32. The molecule has 106 valence electrons. The second-order valence-corrected chi connectivity index (χ2v) is 5.23. The van der Waals surface area contributed by atoms with Gasteiger partial charge in [0.25, 0.3) is 0 Å². The number of nitrogen functional groups attached to an aromatic ring is 1. The van der Waals surface area contributed by atoms with Crippen molar-refractivity contribution < 1.29 is 4.74 Å². The second kappa shape index (κ2) is 5.53. The molecule has 2 aromatic carbocycles. The Bertz CT molecular complexity index is 769. The first-order chi connectivity index (χ1) is 10.2. The molecule has 0 saturated carbocycles. The Morgan fingerprint density at radius 1 is 1.14 bits per heavy atom. The largest absolute Gasteiger partial charge is 0.496 e. The molecule has 0 radical (unpaired) electrons. The number of tetrazole rings is 1. The van der Waals surface area contributed by atoms with Crippen molar-refractivity contribution in [2.75, 3.05) is 12.8 Å². The number of hydrogen-bond acceptors (Lipinski definition) is 5. The summed E-state index contributed by atoms with van der Waals surface area (Å²) in [6.45, 7) is 0. The highest BCUT2D eigenvalue weighted by molar-refractivity contribution is 9.10. The van der Waals surface area contributed by atoms with Gasteiger partial charge in [-0.3, -0.25) is 0 Å². The summed E-state index contributed by atoms with van der Waals surface area (Å²) in [6.07, 6.45) is 0. The van der Waals surface area contributed by atoms with Gasteiger partial charge in [0.15, 0.2) is 5.82 Å². The highest BCUT2D eigenvalue weighted by Crippen LogP contribution is 2.34. The van der Waals surface area contributed by atoms with Crippen LogP contribution < -0.4 is 10.5 Å². The molecule has 0 amide bonds. The molecule has 0 saturated heterocycles. The summed E-state index contributed by atoms with van der Waals surface area (Å²) in [7, 11) is 1.59. The molecular formula is C14H12BrN5O. The molecule has 3 aromatic rings. The van der Waals surface area contributed by atoms with Crippen LogP contribution in [0.4, 0.5) is 5.69 Å². The lowest BCUT2D eigenvalue weighted by Gasteiger charge is -2.11. The van der Waals surface area contributed by atoms with Crippen LogP contribution in [0.3, 0.4) is 0 Å². The van der Waals surface area contributed by atoms with E-state index in [4.69, 9.17) is 10.5 Å². The Morgan fingerprint density at radius 2 is 1.90 bits per heavy atom. The Balaban J connectivity index is 2.18. The number of rotatable bonds is 3. The molecule has 0 aliphatic carbocycles. The minimum atomic E-state index is 0.535. The number of benzene rings is 2. The molecule has 21 heavy (non-hydrogen) atoms. The van der Waals surface area contributed by atoms with Gasteiger partial charge < -0.3 is 10.5 Å². The Hall–Kier alpha value is -2.41. The molecule has 7 heteroatoms. The molecule has 0 fully saturated rings. The van der Waals surface area contributed by atoms with Crippen LogP contribution in [-0.4, -0.2) is 27.3 Å². The molecule has 1 aromatic heterocycles. The predicted octanol–water partition coefficient (Wildman–Crippen LogP) is 2.68. The van der Waals surface area contributed by atoms with Gasteiger partial charge in [-0.2, -0.15) is 4.68 Å². The summed E-state index contributed by atoms with van der Waals surface area (Å²) in [5.41, 5.74) is 8.13. The molecule has 0 unspecified atom stereocenters. The quantitative estimate of drug-likeness (QED) is 0.738. The Labute approximate surface area is 129 Å². The zero-order chi connectivity index (χ0) is 14.8. The lowest BCUT2D eigenvalue weighted by Crippen LogP contribution is -2.03. The third kappa shape index (κ3) is 2.47. The summed E-state index contributed by atoms with van der Waals surface area (Å²) in [6, 6.07) is 13.1. The van der Waals surface area contributed by atoms with E-state index in [1.807, 2.05) is 36.4 Å². The normalized spacial score (nSPS) is 10.6. The van der Waals surface area contributed by atoms with Crippen LogP contribution in [0.2, 0.25) is 0 Å². The first-order valence-corrected chi connectivity index (χ1v) is 6.97. The van der Waals surface area contributed by atoms with Gasteiger partial charge in [-0.25, -0.2) is 0 Å². The third-order valence-corrected chi connectivity index (χ3v) is 3.57. The van der Waals surface area contributed by atoms with Gasteiger partial charge in [-0.1, -0.05) is 22.0 Å². The maximum absolute atomic E-state index is 6.06. The van der Waals surface area contributed by atoms with Gasteiger partial charge in [-0.05, 0) is 46.8 Å². The van der Waals surface area contributed by atoms with E-state index >= 15 is 0 Å². The number of hydrogen-bond donors (Lipinski definition) is 1. The third-order valence-electron chi connectivity index (χ3n) is 3.04. The SMILES string of the molecule is COc1cccc(N)c1-c1nnnn1-c1ccc(Br)cc1. The molecule has 3 rings (SSSR count). The zero-order valence-corrected chi connectivity index (χ0v) is 12.8. The summed E-state index contributed by atoms with van der Waals surface area (Å²) >= 11 is 3.41. The van der Waals surface area contributed by atoms with Crippen LogP contribution >= 0.6 is 15.9 Å². The Morgan fingerprint density at radius 3 is 2.62 bits per heavy atom. The standard InChI is InChI=1S/C14H12BrN5O/c1-21-12-4-2-3-11(16)13(12)14-17-18-19-20(14)10-7-5-9(15)6-8-10/h2-8H,16H2,1H3. The van der Waals surface area contributed by atoms with Gasteiger partial charge in [0, 0.05) is 10.2 Å². The molecular weight excluding hydrogens is 334 g/mol. The van der Waals surface area contributed by atoms with Crippen molar-refractivity contribution in [1.82, 2.24) is 20.2 Å². The van der Waals surface area contributed by atoms with E-state index in [0.29, 0.717) is 22.8 Å². The molecule has 0 atom stereocenters. The van der Waals surface area contributed by atoms with Crippen LogP contribution in [0.5, 0.6) is 5.75 Å². The number of ether oxygens (including phenoxy) is 1. The van der Waals surface area contributed by atoms with Crippen molar-refractivity contribution in [3.05, 3.63) is 46.9 Å². The minimum absolute atomic E-state index is 0.535. The summed E-state index contributed by atoms with van der Waals surface area (Å²) in [5.74, 6) is 1.16. The predicted molar refractivity (Wildman–Crippen MR) is 83.3 cm³/mol. The highest BCUT2D eigenvalue weighted by atomic mass is 79.9. The first kappa shape index (κ1) is 13.6. The van der Waals surface area contributed by atoms with Crippen molar-refractivity contribution in [2.45, 2.75) is 0 Å². The van der Waals surface area contributed by atoms with E-state index < -0.39 is 0 Å². The fraction of sp³-hybridized carbons (Fsp3) is 0.0714. The number of nitrogens with two attached hydrogens (primary N) is 1. The number of anilines is 1. The monoisotopic (exact) mass is 345 g/mol. The zero-order valence-electron chi connectivity index (χ0n) is 11.2. The molecule has 0 aliphatic rings. The van der Waals surface area contributed by atoms with Gasteiger partial charge >= 0.3 is 0 Å². The maximum atomic E-state index is 6.06. The average molecular weight is 346 g/mol. The van der Waals surface area contributed by atoms with Crippen LogP contribution in [0.15, 0.2) is 46.9 Å². The van der Waals surface area contributed by atoms with Gasteiger partial charge in [0.05, 0.1) is 18.4 Å². The van der Waals surface area contributed by atoms with E-state index in [1.165, 1.54) is 0 Å². The molecule has 0 bridgehead atoms. The molecule has 0 spiro atoms. The van der Waals surface area contributed by atoms with E-state index in [-0.39, 0.29) is 0 Å². The molecule has 6 nitrogen and oxygen atoms in total. The maximum Gasteiger partial charge on any atom is 0.192 e. The lowest BCUT2D eigenvalue weighted by molar-refractivity contribution is 0.416. The van der Waals surface area contributed by atoms with Crippen molar-refractivity contribution in [1.29, 1.82) is 0 Å². The van der Waals surface area contributed by atoms with Crippen LogP contribution in [-0.2, 0) is 0 Å². The van der Waals surface area contributed by atoms with Gasteiger partial charge in [-0.15, -0.1) is 5.10 Å². The van der Waals surface area contributed by atoms with Gasteiger partial charge in [0.2, 0.25) is 0 Å². The van der Waals surface area contributed by atoms with Crippen LogP contribution in [0, 0.1) is 0 Å². The minimum Gasteiger partial charge on any atom is -0.496 e. The molecule has 0 aliphatic heterocycles. The van der Waals surface area contributed by atoms with Crippen molar-refractivity contribution >= 4 is 21.6 Å². The number of nitrogens with zero attached hydrogens (tertiary/aromatic N) is 4. The van der Waals surface area contributed by atoms with Crippen molar-refractivity contribution in [3.8, 4) is 22.8 Å². The first-order valence-electron chi connectivity index (χ1n) is 6.18. The van der Waals surface area contributed by atoms with Crippen molar-refractivity contribution in [3.63, 3.8) is 0 Å². The van der Waals surface area contributed by atoms with Gasteiger partial charge in [0.1, 0.15) is 5.75 Å². The van der Waals surface area contributed by atoms with Crippen LogP contribution in [0.1, 0.15) is 0 Å².